The number of hydrogen-bond donors (Lipinski definition) is 1. The number of anilines is 1. The minimum Gasteiger partial charge on any atom is -0.365 e. The van der Waals surface area contributed by atoms with Gasteiger partial charge in [-0.2, -0.15) is 4.52 Å². The summed E-state index contributed by atoms with van der Waals surface area (Å²) in [6.45, 7) is 4.66. The van der Waals surface area contributed by atoms with Crippen LogP contribution in [0.25, 0.3) is 5.65 Å². The van der Waals surface area contributed by atoms with E-state index in [1.165, 1.54) is 17.7 Å². The summed E-state index contributed by atoms with van der Waals surface area (Å²) in [5.74, 6) is 1.18. The molecule has 1 fully saturated rings. The number of hydrogen-bond acceptors (Lipinski definition) is 6. The Kier molecular flexibility index (Phi) is 6.94. The van der Waals surface area contributed by atoms with E-state index in [4.69, 9.17) is 0 Å². The highest BCUT2D eigenvalue weighted by molar-refractivity contribution is 5.76. The quantitative estimate of drug-likeness (QED) is 0.424. The Bertz CT molecular complexity index is 1270. The highest BCUT2D eigenvalue weighted by atomic mass is 19.1. The Morgan fingerprint density at radius 2 is 1.66 bits per heavy atom. The van der Waals surface area contributed by atoms with Crippen molar-refractivity contribution in [2.45, 2.75) is 25.9 Å². The van der Waals surface area contributed by atoms with Crippen molar-refractivity contribution in [3.05, 3.63) is 89.5 Å². The second-order valence-corrected chi connectivity index (χ2v) is 8.73. The summed E-state index contributed by atoms with van der Waals surface area (Å²) in [5.41, 5.74) is 2.88. The van der Waals surface area contributed by atoms with Crippen LogP contribution in [0.2, 0.25) is 0 Å². The van der Waals surface area contributed by atoms with Crippen molar-refractivity contribution in [3.63, 3.8) is 0 Å². The van der Waals surface area contributed by atoms with Gasteiger partial charge in [-0.3, -0.25) is 9.69 Å². The van der Waals surface area contributed by atoms with Gasteiger partial charge in [-0.1, -0.05) is 42.5 Å². The minimum absolute atomic E-state index is 0.131. The lowest BCUT2D eigenvalue weighted by atomic mass is 10.2. The molecule has 0 atom stereocenters. The Hall–Kier alpha value is -3.85. The third-order valence-corrected chi connectivity index (χ3v) is 6.25. The first kappa shape index (κ1) is 22.9. The molecule has 1 N–H and O–H groups in total. The molecule has 0 radical (unpaired) electrons. The lowest BCUT2D eigenvalue weighted by Gasteiger charge is -2.34. The fourth-order valence-electron chi connectivity index (χ4n) is 4.25. The van der Waals surface area contributed by atoms with Crippen LogP contribution >= 0.6 is 0 Å². The van der Waals surface area contributed by atoms with Crippen LogP contribution in [0.5, 0.6) is 0 Å². The Labute approximate surface area is 203 Å². The molecule has 0 spiro atoms. The molecule has 1 amide bonds. The van der Waals surface area contributed by atoms with E-state index < -0.39 is 0 Å². The smallest absolute Gasteiger partial charge is 0.223 e. The molecule has 0 saturated carbocycles. The van der Waals surface area contributed by atoms with Gasteiger partial charge < -0.3 is 10.2 Å². The average Bonchev–Trinajstić information content (AvgIpc) is 3.30. The third kappa shape index (κ3) is 5.81. The molecule has 0 bridgehead atoms. The van der Waals surface area contributed by atoms with E-state index in [-0.39, 0.29) is 11.7 Å². The van der Waals surface area contributed by atoms with Gasteiger partial charge >= 0.3 is 0 Å². The van der Waals surface area contributed by atoms with Crippen LogP contribution in [-0.4, -0.2) is 61.7 Å². The Morgan fingerprint density at radius 1 is 0.886 bits per heavy atom. The molecular weight excluding hydrogens is 445 g/mol. The molecule has 35 heavy (non-hydrogen) atoms. The van der Waals surface area contributed by atoms with Crippen molar-refractivity contribution >= 4 is 17.4 Å². The van der Waals surface area contributed by atoms with E-state index in [0.29, 0.717) is 36.7 Å². The number of carbonyl (C=O) groups is 1. The number of benzene rings is 2. The van der Waals surface area contributed by atoms with Crippen LogP contribution in [-0.2, 0) is 24.3 Å². The summed E-state index contributed by atoms with van der Waals surface area (Å²) in [6.07, 6.45) is 0.840. The molecule has 3 heterocycles. The van der Waals surface area contributed by atoms with Crippen molar-refractivity contribution in [2.75, 3.05) is 31.5 Å². The van der Waals surface area contributed by atoms with Gasteiger partial charge in [-0.05, 0) is 35.4 Å². The zero-order chi connectivity index (χ0) is 24.0. The van der Waals surface area contributed by atoms with Crippen LogP contribution < -0.4 is 5.32 Å². The molecule has 4 aromatic rings. The first-order valence-corrected chi connectivity index (χ1v) is 11.9. The predicted octanol–water partition coefficient (Wildman–Crippen LogP) is 3.15. The molecule has 9 heteroatoms. The number of aromatic nitrogens is 4. The van der Waals surface area contributed by atoms with E-state index in [9.17, 15) is 9.18 Å². The molecule has 1 aliphatic rings. The number of rotatable bonds is 8. The average molecular weight is 474 g/mol. The van der Waals surface area contributed by atoms with Crippen molar-refractivity contribution in [3.8, 4) is 0 Å². The molecule has 180 valence electrons. The minimum atomic E-state index is -0.258. The molecule has 8 nitrogen and oxygen atoms in total. The van der Waals surface area contributed by atoms with E-state index in [1.807, 2.05) is 23.1 Å². The predicted molar refractivity (Wildman–Crippen MR) is 131 cm³/mol. The Morgan fingerprint density at radius 3 is 2.43 bits per heavy atom. The van der Waals surface area contributed by atoms with Crippen molar-refractivity contribution in [2.24, 2.45) is 0 Å². The molecule has 2 aromatic carbocycles. The van der Waals surface area contributed by atoms with E-state index in [1.54, 1.807) is 16.6 Å². The lowest BCUT2D eigenvalue weighted by molar-refractivity contribution is -0.133. The van der Waals surface area contributed by atoms with Crippen LogP contribution in [0, 0.1) is 5.82 Å². The van der Waals surface area contributed by atoms with Gasteiger partial charge in [0.05, 0.1) is 0 Å². The van der Waals surface area contributed by atoms with Crippen molar-refractivity contribution in [1.82, 2.24) is 29.6 Å². The van der Waals surface area contributed by atoms with Gasteiger partial charge in [0.2, 0.25) is 5.91 Å². The molecule has 5 rings (SSSR count). The monoisotopic (exact) mass is 473 g/mol. The number of carbonyl (C=O) groups excluding carboxylic acids is 1. The largest absolute Gasteiger partial charge is 0.365 e. The van der Waals surface area contributed by atoms with Gasteiger partial charge in [0, 0.05) is 52.1 Å². The van der Waals surface area contributed by atoms with Crippen LogP contribution in [0.4, 0.5) is 10.2 Å². The molecule has 1 saturated heterocycles. The molecular formula is C26H28FN7O. The lowest BCUT2D eigenvalue weighted by Crippen LogP contribution is -2.48. The van der Waals surface area contributed by atoms with Crippen LogP contribution in [0.3, 0.4) is 0 Å². The summed E-state index contributed by atoms with van der Waals surface area (Å²) in [4.78, 5) is 17.2. The highest BCUT2D eigenvalue weighted by Crippen LogP contribution is 2.13. The standard InChI is InChI=1S/C26H28FN7O/c27-22-8-6-20(7-9-22)18-28-23-10-11-24-29-30-25(34(24)31-23)12-13-26(35)33-16-14-32(15-17-33)19-21-4-2-1-3-5-21/h1-11H,12-19H2,(H,28,31). The summed E-state index contributed by atoms with van der Waals surface area (Å²) in [5, 5.41) is 16.2. The summed E-state index contributed by atoms with van der Waals surface area (Å²) < 4.78 is 14.8. The van der Waals surface area contributed by atoms with Crippen LogP contribution in [0.1, 0.15) is 23.4 Å². The number of amides is 1. The summed E-state index contributed by atoms with van der Waals surface area (Å²) >= 11 is 0. The van der Waals surface area contributed by atoms with E-state index >= 15 is 0 Å². The number of nitrogens with zero attached hydrogens (tertiary/aromatic N) is 6. The van der Waals surface area contributed by atoms with Crippen molar-refractivity contribution < 1.29 is 9.18 Å². The summed E-state index contributed by atoms with van der Waals surface area (Å²) in [6, 6.07) is 20.4. The van der Waals surface area contributed by atoms with E-state index in [2.05, 4.69) is 49.8 Å². The highest BCUT2D eigenvalue weighted by Gasteiger charge is 2.21. The fourth-order valence-corrected chi connectivity index (χ4v) is 4.25. The van der Waals surface area contributed by atoms with Gasteiger partial charge in [-0.25, -0.2) is 4.39 Å². The maximum Gasteiger partial charge on any atom is 0.223 e. The number of piperazine rings is 1. The maximum atomic E-state index is 13.1. The van der Waals surface area contributed by atoms with Gasteiger partial charge in [0.25, 0.3) is 0 Å². The topological polar surface area (TPSA) is 78.7 Å². The molecule has 1 aliphatic heterocycles. The zero-order valence-corrected chi connectivity index (χ0v) is 19.5. The Balaban J connectivity index is 1.13. The first-order chi connectivity index (χ1) is 17.1. The van der Waals surface area contributed by atoms with Crippen LogP contribution in [0.15, 0.2) is 66.7 Å². The summed E-state index contributed by atoms with van der Waals surface area (Å²) in [7, 11) is 0. The number of fused-ring (bicyclic) bond motifs is 1. The second kappa shape index (κ2) is 10.6. The second-order valence-electron chi connectivity index (χ2n) is 8.73. The van der Waals surface area contributed by atoms with Gasteiger partial charge in [0.1, 0.15) is 11.6 Å². The number of aryl methyl sites for hydroxylation is 1. The van der Waals surface area contributed by atoms with E-state index in [0.717, 1.165) is 38.3 Å². The van der Waals surface area contributed by atoms with Crippen molar-refractivity contribution in [1.29, 1.82) is 0 Å². The normalized spacial score (nSPS) is 14.4. The van der Waals surface area contributed by atoms with Gasteiger partial charge in [0.15, 0.2) is 11.5 Å². The molecule has 2 aromatic heterocycles. The molecule has 0 aliphatic carbocycles. The molecule has 0 unspecified atom stereocenters. The number of nitrogens with one attached hydrogen (secondary N) is 1. The maximum absolute atomic E-state index is 13.1. The fraction of sp³-hybridized carbons (Fsp3) is 0.308. The zero-order valence-electron chi connectivity index (χ0n) is 19.5. The first-order valence-electron chi connectivity index (χ1n) is 11.9. The number of halogens is 1. The third-order valence-electron chi connectivity index (χ3n) is 6.25. The SMILES string of the molecule is O=C(CCc1nnc2ccc(NCc3ccc(F)cc3)nn12)N1CCN(Cc2ccccc2)CC1. The van der Waals surface area contributed by atoms with Gasteiger partial charge in [-0.15, -0.1) is 15.3 Å².